The molecule has 3 aromatic heterocycles. The van der Waals surface area contributed by atoms with Gasteiger partial charge in [-0.1, -0.05) is 6.07 Å². The van der Waals surface area contributed by atoms with Gasteiger partial charge < -0.3 is 9.47 Å². The molecular weight excluding hydrogens is 432 g/mol. The Morgan fingerprint density at radius 1 is 1.12 bits per heavy atom. The number of fused-ring (bicyclic) bond motifs is 1. The number of imidazole rings is 1. The van der Waals surface area contributed by atoms with Gasteiger partial charge in [-0.3, -0.25) is 10.1 Å². The van der Waals surface area contributed by atoms with Gasteiger partial charge in [0.05, 0.1) is 0 Å². The average molecular weight is 459 g/mol. The molecule has 0 aromatic carbocycles. The minimum Gasteiger partial charge on any atom is -0.356 e. The lowest BCUT2D eigenvalue weighted by atomic mass is 10.1. The summed E-state index contributed by atoms with van der Waals surface area (Å²) in [6.07, 6.45) is 4.67. The first-order valence-corrected chi connectivity index (χ1v) is 12.2. The van der Waals surface area contributed by atoms with Crippen LogP contribution in [0, 0.1) is 12.8 Å². The number of anilines is 2. The van der Waals surface area contributed by atoms with Crippen LogP contribution in [-0.2, 0) is 21.9 Å². The molecule has 1 aliphatic heterocycles. The van der Waals surface area contributed by atoms with E-state index in [1.54, 1.807) is 23.1 Å². The maximum absolute atomic E-state index is 12.7. The fourth-order valence-electron chi connectivity index (χ4n) is 3.90. The van der Waals surface area contributed by atoms with E-state index < -0.39 is 10.0 Å². The van der Waals surface area contributed by atoms with Crippen molar-refractivity contribution in [3.05, 3.63) is 30.2 Å². The van der Waals surface area contributed by atoms with Crippen LogP contribution in [0.25, 0.3) is 5.65 Å². The van der Waals surface area contributed by atoms with Crippen molar-refractivity contribution in [1.29, 1.82) is 0 Å². The Kier molecular flexibility index (Phi) is 5.13. The fourth-order valence-corrected chi connectivity index (χ4v) is 5.25. The summed E-state index contributed by atoms with van der Waals surface area (Å²) in [6.45, 7) is 3.10. The van der Waals surface area contributed by atoms with Gasteiger partial charge in [0, 0.05) is 38.3 Å². The quantitative estimate of drug-likeness (QED) is 0.566. The molecule has 1 amide bonds. The maximum atomic E-state index is 12.7. The van der Waals surface area contributed by atoms with E-state index in [-0.39, 0.29) is 22.9 Å². The molecule has 2 fully saturated rings. The summed E-state index contributed by atoms with van der Waals surface area (Å²) in [5.74, 6) is 1.87. The largest absolute Gasteiger partial charge is 0.356 e. The van der Waals surface area contributed by atoms with E-state index in [4.69, 9.17) is 0 Å². The highest BCUT2D eigenvalue weighted by molar-refractivity contribution is 7.89. The van der Waals surface area contributed by atoms with E-state index in [9.17, 15) is 13.2 Å². The highest BCUT2D eigenvalue weighted by Crippen LogP contribution is 2.30. The van der Waals surface area contributed by atoms with Crippen LogP contribution in [-0.4, -0.2) is 57.6 Å². The molecule has 1 saturated carbocycles. The second kappa shape index (κ2) is 7.85. The van der Waals surface area contributed by atoms with Crippen molar-refractivity contribution < 1.29 is 13.2 Å². The van der Waals surface area contributed by atoms with Crippen LogP contribution in [0.2, 0.25) is 0 Å². The summed E-state index contributed by atoms with van der Waals surface area (Å²) < 4.78 is 31.6. The highest BCUT2D eigenvalue weighted by atomic mass is 32.2. The van der Waals surface area contributed by atoms with Crippen molar-refractivity contribution in [1.82, 2.24) is 28.9 Å². The monoisotopic (exact) mass is 458 g/mol. The molecule has 0 spiro atoms. The van der Waals surface area contributed by atoms with E-state index in [0.717, 1.165) is 18.7 Å². The van der Waals surface area contributed by atoms with Crippen LogP contribution in [0.4, 0.5) is 11.8 Å². The predicted octanol–water partition coefficient (Wildman–Crippen LogP) is 1.07. The van der Waals surface area contributed by atoms with Gasteiger partial charge >= 0.3 is 0 Å². The summed E-state index contributed by atoms with van der Waals surface area (Å²) >= 11 is 0. The first-order valence-electron chi connectivity index (χ1n) is 10.7. The van der Waals surface area contributed by atoms with Gasteiger partial charge in [-0.05, 0) is 44.7 Å². The third kappa shape index (κ3) is 4.07. The lowest BCUT2D eigenvalue weighted by Crippen LogP contribution is -2.45. The number of nitrogens with zero attached hydrogens (tertiary/aromatic N) is 6. The van der Waals surface area contributed by atoms with Crippen molar-refractivity contribution in [2.75, 3.05) is 23.3 Å². The smallest absolute Gasteiger partial charge is 0.259 e. The third-order valence-electron chi connectivity index (χ3n) is 6.03. The van der Waals surface area contributed by atoms with Gasteiger partial charge in [-0.25, -0.2) is 18.1 Å². The van der Waals surface area contributed by atoms with Crippen molar-refractivity contribution in [2.24, 2.45) is 13.0 Å². The zero-order chi connectivity index (χ0) is 22.5. The summed E-state index contributed by atoms with van der Waals surface area (Å²) in [6, 6.07) is 5.54. The second-order valence-electron chi connectivity index (χ2n) is 8.47. The molecule has 12 heteroatoms. The van der Waals surface area contributed by atoms with Crippen LogP contribution >= 0.6 is 0 Å². The van der Waals surface area contributed by atoms with Crippen LogP contribution in [0.1, 0.15) is 31.5 Å². The zero-order valence-corrected chi connectivity index (χ0v) is 18.8. The van der Waals surface area contributed by atoms with E-state index in [2.05, 4.69) is 30.0 Å². The second-order valence-corrected chi connectivity index (χ2v) is 10.1. The number of amides is 1. The Balaban J connectivity index is 1.26. The van der Waals surface area contributed by atoms with E-state index >= 15 is 0 Å². The van der Waals surface area contributed by atoms with E-state index in [1.807, 2.05) is 18.2 Å². The number of carbonyl (C=O) groups excluding carboxylic acids is 1. The Hall–Kier alpha value is -2.99. The SMILES string of the molecule is Cc1nc(S(=O)(=O)NC2CCN(c3cccc4nc(NC(=O)C5CC5)nn34)CC2)cn1C. The number of nitrogens with one attached hydrogen (secondary N) is 2. The number of carbonyl (C=O) groups is 1. The molecule has 32 heavy (non-hydrogen) atoms. The minimum absolute atomic E-state index is 0.0290. The minimum atomic E-state index is -3.66. The standard InChI is InChI=1S/C20H26N8O3S/c1-13-21-17(12-26(13)2)32(30,31)25-15-8-10-27(11-9-15)18-5-3-4-16-22-20(24-28(16)18)23-19(29)14-6-7-14/h3-5,12,14-15,25H,6-11H2,1-2H3,(H,23,24,29). The van der Waals surface area contributed by atoms with Crippen LogP contribution in [0.5, 0.6) is 0 Å². The van der Waals surface area contributed by atoms with Crippen molar-refractivity contribution in [3.8, 4) is 0 Å². The average Bonchev–Trinajstić information content (AvgIpc) is 3.44. The molecule has 0 unspecified atom stereocenters. The Bertz CT molecular complexity index is 1250. The number of aryl methyl sites for hydroxylation is 2. The number of hydrogen-bond acceptors (Lipinski definition) is 7. The number of hydrogen-bond donors (Lipinski definition) is 2. The van der Waals surface area contributed by atoms with E-state index in [0.29, 0.717) is 43.4 Å². The van der Waals surface area contributed by atoms with Crippen molar-refractivity contribution >= 4 is 33.3 Å². The van der Waals surface area contributed by atoms with E-state index in [1.165, 1.54) is 6.20 Å². The highest BCUT2D eigenvalue weighted by Gasteiger charge is 2.31. The first-order chi connectivity index (χ1) is 15.3. The number of sulfonamides is 1. The molecule has 3 aromatic rings. The van der Waals surface area contributed by atoms with Gasteiger partial charge in [0.2, 0.25) is 11.9 Å². The normalized spacial score (nSPS) is 17.8. The van der Waals surface area contributed by atoms with Gasteiger partial charge in [0.15, 0.2) is 10.7 Å². The maximum Gasteiger partial charge on any atom is 0.259 e. The molecule has 5 rings (SSSR count). The fraction of sp³-hybridized carbons (Fsp3) is 0.500. The number of piperidine rings is 1. The molecule has 1 aliphatic carbocycles. The predicted molar refractivity (Wildman–Crippen MR) is 118 cm³/mol. The van der Waals surface area contributed by atoms with Crippen LogP contribution in [0.3, 0.4) is 0 Å². The zero-order valence-electron chi connectivity index (χ0n) is 18.0. The molecule has 2 aliphatic rings. The molecule has 0 radical (unpaired) electrons. The van der Waals surface area contributed by atoms with Gasteiger partial charge in [-0.2, -0.15) is 9.50 Å². The van der Waals surface area contributed by atoms with Gasteiger partial charge in [0.25, 0.3) is 10.0 Å². The topological polar surface area (TPSA) is 127 Å². The lowest BCUT2D eigenvalue weighted by molar-refractivity contribution is -0.117. The molecular formula is C20H26N8O3S. The van der Waals surface area contributed by atoms with Crippen molar-refractivity contribution in [3.63, 3.8) is 0 Å². The number of rotatable bonds is 6. The molecule has 4 heterocycles. The molecule has 170 valence electrons. The molecule has 2 N–H and O–H groups in total. The summed E-state index contributed by atoms with van der Waals surface area (Å²) in [4.78, 5) is 22.7. The molecule has 11 nitrogen and oxygen atoms in total. The van der Waals surface area contributed by atoms with Gasteiger partial charge in [0.1, 0.15) is 11.6 Å². The Morgan fingerprint density at radius 3 is 2.53 bits per heavy atom. The summed E-state index contributed by atoms with van der Waals surface area (Å²) in [5.41, 5.74) is 0.655. The summed E-state index contributed by atoms with van der Waals surface area (Å²) in [7, 11) is -1.89. The Morgan fingerprint density at radius 2 is 1.88 bits per heavy atom. The van der Waals surface area contributed by atoms with Crippen LogP contribution in [0.15, 0.2) is 29.4 Å². The Labute approximate surface area is 185 Å². The summed E-state index contributed by atoms with van der Waals surface area (Å²) in [5, 5.41) is 7.32. The van der Waals surface area contributed by atoms with Crippen molar-refractivity contribution in [2.45, 2.75) is 43.7 Å². The lowest BCUT2D eigenvalue weighted by Gasteiger charge is -2.33. The first kappa shape index (κ1) is 20.9. The van der Waals surface area contributed by atoms with Crippen LogP contribution < -0.4 is 14.9 Å². The third-order valence-corrected chi connectivity index (χ3v) is 7.42. The molecule has 0 atom stereocenters. The van der Waals surface area contributed by atoms with Gasteiger partial charge in [-0.15, -0.1) is 5.10 Å². The molecule has 1 saturated heterocycles. The molecule has 0 bridgehead atoms. The number of aromatic nitrogens is 5. The number of pyridine rings is 1.